The predicted molar refractivity (Wildman–Crippen MR) is 104 cm³/mol. The van der Waals surface area contributed by atoms with E-state index in [1.807, 2.05) is 31.2 Å². The Morgan fingerprint density at radius 1 is 1.37 bits per heavy atom. The van der Waals surface area contributed by atoms with Crippen molar-refractivity contribution in [2.24, 2.45) is 0 Å². The fraction of sp³-hybridized carbons (Fsp3) is 0.444. The lowest BCUT2D eigenvalue weighted by Crippen LogP contribution is -2.30. The summed E-state index contributed by atoms with van der Waals surface area (Å²) in [4.78, 5) is 0. The van der Waals surface area contributed by atoms with Crippen molar-refractivity contribution in [3.8, 4) is 0 Å². The molecule has 1 aliphatic rings. The zero-order chi connectivity index (χ0) is 19.6. The number of hydrogen-bond donors (Lipinski definition) is 2. The molecule has 1 aromatic carbocycles. The maximum atomic E-state index is 13.1. The lowest BCUT2D eigenvalue weighted by molar-refractivity contribution is -0.141. The van der Waals surface area contributed by atoms with Gasteiger partial charge in [0, 0.05) is 24.7 Å². The number of hydrogen-bond acceptors (Lipinski definition) is 2. The number of aromatic nitrogens is 2. The number of alkyl halides is 3. The van der Waals surface area contributed by atoms with Crippen LogP contribution in [0.3, 0.4) is 0 Å². The molecule has 1 saturated carbocycles. The van der Waals surface area contributed by atoms with Crippen LogP contribution in [0.15, 0.2) is 24.3 Å². The van der Waals surface area contributed by atoms with E-state index >= 15 is 0 Å². The molecule has 0 amide bonds. The molecule has 1 aliphatic carbocycles. The van der Waals surface area contributed by atoms with Crippen molar-refractivity contribution >= 4 is 34.6 Å². The smallest absolute Gasteiger partial charge is 0.362 e. The minimum Gasteiger partial charge on any atom is -0.362 e. The number of anilines is 1. The van der Waals surface area contributed by atoms with Crippen LogP contribution < -0.4 is 10.6 Å². The van der Waals surface area contributed by atoms with Crippen molar-refractivity contribution in [1.29, 1.82) is 0 Å². The summed E-state index contributed by atoms with van der Waals surface area (Å²) >= 11 is 11.2. The molecule has 146 valence electrons. The number of thiocarbonyl (C=S) groups is 1. The molecule has 4 nitrogen and oxygen atoms in total. The van der Waals surface area contributed by atoms with Gasteiger partial charge in [0.25, 0.3) is 0 Å². The Morgan fingerprint density at radius 2 is 2.11 bits per heavy atom. The zero-order valence-electron chi connectivity index (χ0n) is 14.7. The molecular formula is C18H20ClF3N4S. The highest BCUT2D eigenvalue weighted by molar-refractivity contribution is 7.80. The first kappa shape index (κ1) is 19.9. The molecule has 1 heterocycles. The van der Waals surface area contributed by atoms with Crippen molar-refractivity contribution < 1.29 is 13.2 Å². The van der Waals surface area contributed by atoms with Gasteiger partial charge in [-0.05, 0) is 56.1 Å². The van der Waals surface area contributed by atoms with Gasteiger partial charge in [0.15, 0.2) is 10.8 Å². The third kappa shape index (κ3) is 5.13. The Balaban J connectivity index is 1.54. The lowest BCUT2D eigenvalue weighted by atomic mass is 10.2. The van der Waals surface area contributed by atoms with Crippen LogP contribution in [0.2, 0.25) is 5.02 Å². The molecule has 3 rings (SSSR count). The summed E-state index contributed by atoms with van der Waals surface area (Å²) in [7, 11) is 0. The monoisotopic (exact) mass is 416 g/mol. The van der Waals surface area contributed by atoms with Crippen molar-refractivity contribution in [3.63, 3.8) is 0 Å². The van der Waals surface area contributed by atoms with Crippen LogP contribution >= 0.6 is 23.8 Å². The van der Waals surface area contributed by atoms with Crippen LogP contribution in [0, 0.1) is 6.92 Å². The molecule has 0 atom stereocenters. The lowest BCUT2D eigenvalue weighted by Gasteiger charge is -2.12. The molecule has 2 N–H and O–H groups in total. The molecule has 0 spiro atoms. The minimum absolute atomic E-state index is 0.0816. The Morgan fingerprint density at radius 3 is 2.74 bits per heavy atom. The van der Waals surface area contributed by atoms with Gasteiger partial charge >= 0.3 is 6.18 Å². The van der Waals surface area contributed by atoms with Crippen molar-refractivity contribution in [2.75, 3.05) is 11.9 Å². The van der Waals surface area contributed by atoms with Crippen molar-refractivity contribution in [2.45, 2.75) is 44.8 Å². The van der Waals surface area contributed by atoms with Crippen LogP contribution in [-0.4, -0.2) is 21.4 Å². The summed E-state index contributed by atoms with van der Waals surface area (Å²) in [6, 6.07) is 7.80. The maximum Gasteiger partial charge on any atom is 0.436 e. The largest absolute Gasteiger partial charge is 0.436 e. The van der Waals surface area contributed by atoms with Gasteiger partial charge < -0.3 is 10.6 Å². The third-order valence-corrected chi connectivity index (χ3v) is 4.89. The second-order valence-electron chi connectivity index (χ2n) is 6.65. The van der Waals surface area contributed by atoms with Gasteiger partial charge in [-0.25, -0.2) is 0 Å². The number of halogens is 4. The van der Waals surface area contributed by atoms with Gasteiger partial charge in [0.2, 0.25) is 0 Å². The van der Waals surface area contributed by atoms with E-state index in [0.29, 0.717) is 30.3 Å². The number of aryl methyl sites for hydroxylation is 2. The summed E-state index contributed by atoms with van der Waals surface area (Å²) < 4.78 is 40.6. The average molecular weight is 417 g/mol. The average Bonchev–Trinajstić information content (AvgIpc) is 3.34. The van der Waals surface area contributed by atoms with Crippen LogP contribution in [0.4, 0.5) is 18.9 Å². The molecule has 0 bridgehead atoms. The predicted octanol–water partition coefficient (Wildman–Crippen LogP) is 5.12. The normalized spacial score (nSPS) is 14.3. The van der Waals surface area contributed by atoms with Crippen LogP contribution in [-0.2, 0) is 12.7 Å². The van der Waals surface area contributed by atoms with Gasteiger partial charge in [-0.1, -0.05) is 23.7 Å². The highest BCUT2D eigenvalue weighted by Crippen LogP contribution is 2.46. The van der Waals surface area contributed by atoms with E-state index in [9.17, 15) is 13.2 Å². The first-order valence-corrected chi connectivity index (χ1v) is 9.49. The molecule has 1 aromatic heterocycles. The number of nitrogens with one attached hydrogen (secondary N) is 2. The van der Waals surface area contributed by atoms with Crippen LogP contribution in [0.5, 0.6) is 0 Å². The summed E-state index contributed by atoms with van der Waals surface area (Å²) in [6.45, 7) is 2.85. The second-order valence-corrected chi connectivity index (χ2v) is 7.43. The van der Waals surface area contributed by atoms with E-state index in [1.165, 1.54) is 4.68 Å². The van der Waals surface area contributed by atoms with Gasteiger partial charge in [-0.15, -0.1) is 0 Å². The quantitative estimate of drug-likeness (QED) is 0.506. The van der Waals surface area contributed by atoms with Gasteiger partial charge in [-0.3, -0.25) is 4.68 Å². The highest BCUT2D eigenvalue weighted by atomic mass is 35.5. The van der Waals surface area contributed by atoms with E-state index in [-0.39, 0.29) is 10.9 Å². The van der Waals surface area contributed by atoms with E-state index in [2.05, 4.69) is 15.7 Å². The van der Waals surface area contributed by atoms with E-state index in [0.717, 1.165) is 24.1 Å². The molecule has 0 saturated heterocycles. The molecule has 0 aliphatic heterocycles. The molecular weight excluding hydrogens is 397 g/mol. The number of benzene rings is 1. The summed E-state index contributed by atoms with van der Waals surface area (Å²) in [5, 5.41) is 10.1. The van der Waals surface area contributed by atoms with Gasteiger partial charge in [0.1, 0.15) is 0 Å². The number of nitrogens with zero attached hydrogens (tertiary/aromatic N) is 2. The first-order chi connectivity index (χ1) is 12.8. The Labute approximate surface area is 166 Å². The van der Waals surface area contributed by atoms with Gasteiger partial charge in [0.05, 0.1) is 10.7 Å². The summed E-state index contributed by atoms with van der Waals surface area (Å²) in [6.07, 6.45) is -2.26. The van der Waals surface area contributed by atoms with E-state index < -0.39 is 11.9 Å². The standard InChI is InChI=1S/C18H20ClF3N4S/c1-11-4-2-5-13(10-11)24-17(27)23-8-3-9-26-15(12-6-7-12)14(19)16(25-26)18(20,21)22/h2,4-5,10,12H,3,6-9H2,1H3,(H2,23,24,27). The molecule has 9 heteroatoms. The fourth-order valence-corrected chi connectivity index (χ4v) is 3.50. The molecule has 27 heavy (non-hydrogen) atoms. The van der Waals surface area contributed by atoms with E-state index in [4.69, 9.17) is 23.8 Å². The first-order valence-electron chi connectivity index (χ1n) is 8.70. The van der Waals surface area contributed by atoms with Gasteiger partial charge in [-0.2, -0.15) is 18.3 Å². The Hall–Kier alpha value is -1.80. The van der Waals surface area contributed by atoms with Crippen molar-refractivity contribution in [1.82, 2.24) is 15.1 Å². The fourth-order valence-electron chi connectivity index (χ4n) is 2.88. The molecule has 0 radical (unpaired) electrons. The summed E-state index contributed by atoms with van der Waals surface area (Å²) in [5.74, 6) is 0.0816. The summed E-state index contributed by atoms with van der Waals surface area (Å²) in [5.41, 5.74) is 1.52. The highest BCUT2D eigenvalue weighted by Gasteiger charge is 2.41. The molecule has 0 unspecified atom stereocenters. The Kier molecular flexibility index (Phi) is 5.95. The second kappa shape index (κ2) is 8.06. The van der Waals surface area contributed by atoms with Crippen molar-refractivity contribution in [3.05, 3.63) is 46.2 Å². The van der Waals surface area contributed by atoms with E-state index in [1.54, 1.807) is 0 Å². The molecule has 2 aromatic rings. The SMILES string of the molecule is Cc1cccc(NC(=S)NCCCn2nc(C(F)(F)F)c(Cl)c2C2CC2)c1. The number of rotatable bonds is 6. The van der Waals surface area contributed by atoms with Crippen LogP contribution in [0.25, 0.3) is 0 Å². The topological polar surface area (TPSA) is 41.9 Å². The third-order valence-electron chi connectivity index (χ3n) is 4.27. The zero-order valence-corrected chi connectivity index (χ0v) is 16.3. The molecule has 1 fully saturated rings. The van der Waals surface area contributed by atoms with Crippen LogP contribution in [0.1, 0.15) is 42.1 Å². The maximum absolute atomic E-state index is 13.1. The minimum atomic E-state index is -4.54. The Bertz CT molecular complexity index is 830.